The van der Waals surface area contributed by atoms with Gasteiger partial charge in [-0.25, -0.2) is 69.8 Å². The van der Waals surface area contributed by atoms with Crippen LogP contribution in [-0.2, 0) is 114 Å². The Labute approximate surface area is 967 Å². The maximum atomic E-state index is 12.8. The fourth-order valence-corrected chi connectivity index (χ4v) is 15.6. The first-order valence-corrected chi connectivity index (χ1v) is 59.9. The van der Waals surface area contributed by atoms with E-state index in [9.17, 15) is 78.1 Å². The van der Waals surface area contributed by atoms with Gasteiger partial charge in [0.1, 0.15) is 24.0 Å². The van der Waals surface area contributed by atoms with Crippen LogP contribution in [0.2, 0.25) is 10.0 Å². The van der Waals surface area contributed by atoms with Gasteiger partial charge in [0.2, 0.25) is 35.3 Å². The number of rotatable bonds is 25. The number of benzene rings is 5. The molecule has 0 saturated carbocycles. The molecule has 4 radical (unpaired) electrons. The van der Waals surface area contributed by atoms with E-state index < -0.39 is 88.2 Å². The number of alkyl halides is 4. The number of aromatic nitrogens is 2. The Morgan fingerprint density at radius 2 is 0.931 bits per heavy atom. The minimum atomic E-state index is -3.87. The number of Topliss-reactive ketones (excluding diaryl/α,β-unsaturated/α-hetero) is 1. The van der Waals surface area contributed by atoms with Crippen molar-refractivity contribution in [1.29, 1.82) is 2.67 Å². The van der Waals surface area contributed by atoms with Crippen molar-refractivity contribution in [1.82, 2.24) is 23.3 Å². The van der Waals surface area contributed by atoms with E-state index in [1.807, 2.05) is 45.9 Å². The van der Waals surface area contributed by atoms with Crippen LogP contribution in [0.5, 0.6) is 0 Å². The number of aliphatic hydroxyl groups is 1. The fraction of sp³-hybridized carbons (Fsp3) is 0.440. The molecule has 2 aromatic heterocycles. The summed E-state index contributed by atoms with van der Waals surface area (Å²) in [5, 5.41) is 8.48. The van der Waals surface area contributed by atoms with E-state index in [1.165, 1.54) is 74.2 Å². The topological polar surface area (TPSA) is 443 Å². The molecule has 3 saturated heterocycles. The van der Waals surface area contributed by atoms with Crippen molar-refractivity contribution in [3.8, 4) is 0 Å². The summed E-state index contributed by atoms with van der Waals surface area (Å²) in [7, 11) is 11.1. The van der Waals surface area contributed by atoms with Gasteiger partial charge >= 0.3 is 52.4 Å². The first-order chi connectivity index (χ1) is 67.6. The smallest absolute Gasteiger partial charge is 0.465 e. The summed E-state index contributed by atoms with van der Waals surface area (Å²) in [5.74, 6) is -2.95. The van der Waals surface area contributed by atoms with E-state index in [0.29, 0.717) is 58.0 Å². The molecule has 144 heavy (non-hydrogen) atoms. The van der Waals surface area contributed by atoms with E-state index in [2.05, 4.69) is 81.2 Å². The second-order valence-electron chi connectivity index (χ2n) is 28.5. The third-order valence-electron chi connectivity index (χ3n) is 17.6. The Morgan fingerprint density at radius 1 is 0.576 bits per heavy atom. The van der Waals surface area contributed by atoms with Crippen molar-refractivity contribution in [3.05, 3.63) is 230 Å². The van der Waals surface area contributed by atoms with Crippen molar-refractivity contribution in [2.24, 2.45) is 5.73 Å². The molecular weight excluding hydrogens is 2690 g/mol. The molecule has 3 fully saturated rings. The molecule has 6 N–H and O–H groups in total. The number of sulfonamides is 3. The third kappa shape index (κ3) is 69.1. The molecule has 6 heterocycles. The number of nitrogens with zero attached hydrogens (tertiary/aromatic N) is 2. The normalized spacial score (nSPS) is 14.4. The molecule has 53 heteroatoms. The number of carbonyl (C=O) groups is 9. The van der Waals surface area contributed by atoms with Gasteiger partial charge in [-0.1, -0.05) is 113 Å². The monoisotopic (exact) mass is 2810 g/mol. The quantitative estimate of drug-likeness (QED) is 0.00408. The molecule has 7 aromatic rings. The number of hydrogen-bond acceptors (Lipinski definition) is 26. The Kier molecular flexibility index (Phi) is 89.6. The van der Waals surface area contributed by atoms with Crippen LogP contribution in [0.25, 0.3) is 0 Å². The zero-order chi connectivity index (χ0) is 112. The van der Waals surface area contributed by atoms with Crippen LogP contribution in [0.15, 0.2) is 179 Å². The molecule has 4 aliphatic heterocycles. The van der Waals surface area contributed by atoms with Gasteiger partial charge in [0.05, 0.1) is 77.2 Å². The molecule has 31 nitrogen and oxygen atoms in total. The van der Waals surface area contributed by atoms with Crippen LogP contribution >= 0.6 is 150 Å². The fourth-order valence-electron chi connectivity index (χ4n) is 11.0. The van der Waals surface area contributed by atoms with Crippen LogP contribution in [0.3, 0.4) is 0 Å². The van der Waals surface area contributed by atoms with E-state index >= 15 is 0 Å². The number of nitrogens with two attached hydrogens (primary N) is 1. The van der Waals surface area contributed by atoms with Gasteiger partial charge in [0, 0.05) is 159 Å². The summed E-state index contributed by atoms with van der Waals surface area (Å²) in [6.45, 7) is 32.9. The number of hydrogen-bond donors (Lipinski definition) is 5. The zero-order valence-corrected chi connectivity index (χ0v) is 105. The van der Waals surface area contributed by atoms with E-state index in [1.54, 1.807) is 159 Å². The minimum Gasteiger partial charge on any atom is -0.465 e. The largest absolute Gasteiger partial charge is 0.643 e. The Hall–Kier alpha value is -3.69. The number of aryl methyl sites for hydroxylation is 4. The number of aromatic amines is 2. The molecule has 3 unspecified atom stereocenters. The number of ketones is 2. The van der Waals surface area contributed by atoms with Crippen LogP contribution in [0, 0.1) is 96.8 Å². The molecule has 800 valence electrons. The number of esters is 6. The third-order valence-corrected chi connectivity index (χ3v) is 23.4. The van der Waals surface area contributed by atoms with E-state index in [-0.39, 0.29) is 182 Å². The summed E-state index contributed by atoms with van der Waals surface area (Å²) in [4.78, 5) is 107. The Bertz CT molecular complexity index is 5270. The van der Waals surface area contributed by atoms with Gasteiger partial charge in [0.15, 0.2) is 17.6 Å². The number of halogens is 13. The van der Waals surface area contributed by atoms with Gasteiger partial charge in [0.25, 0.3) is 0 Å². The average molecular weight is 2820 g/mol. The number of H-pyrrole nitrogens is 2. The first-order valence-electron chi connectivity index (χ1n) is 43.8. The molecule has 0 amide bonds. The van der Waals surface area contributed by atoms with Crippen molar-refractivity contribution in [2.45, 2.75) is 174 Å². The predicted octanol–water partition coefficient (Wildman–Crippen LogP) is 19.4. The van der Waals surface area contributed by atoms with E-state index in [4.69, 9.17) is 148 Å². The van der Waals surface area contributed by atoms with Crippen molar-refractivity contribution >= 4 is 261 Å². The van der Waals surface area contributed by atoms with Crippen LogP contribution in [0.4, 0.5) is 0 Å². The van der Waals surface area contributed by atoms with Crippen LogP contribution in [-0.4, -0.2) is 253 Å². The summed E-state index contributed by atoms with van der Waals surface area (Å²) in [6, 6.07) is 33.2. The van der Waals surface area contributed by atoms with Crippen molar-refractivity contribution in [3.63, 3.8) is 0 Å². The van der Waals surface area contributed by atoms with E-state index in [0.717, 1.165) is 64.1 Å². The van der Waals surface area contributed by atoms with Crippen LogP contribution in [0.1, 0.15) is 165 Å². The summed E-state index contributed by atoms with van der Waals surface area (Å²) in [5.41, 5.74) is 11.7. The Balaban J connectivity index is -0.000000296. The second kappa shape index (κ2) is 86.7. The molecule has 5 aromatic carbocycles. The predicted molar refractivity (Wildman–Crippen MR) is 574 cm³/mol. The maximum Gasteiger partial charge on any atom is 0.643 e. The maximum absolute atomic E-state index is 12.8. The van der Waals surface area contributed by atoms with Crippen LogP contribution < -0.4 is 10.5 Å². The Morgan fingerprint density at radius 3 is 1.26 bits per heavy atom. The van der Waals surface area contributed by atoms with Gasteiger partial charge in [-0.2, -0.15) is 13.3 Å². The first kappa shape index (κ1) is 149. The average Bonchev–Trinajstić information content (AvgIpc) is 1.60. The van der Waals surface area contributed by atoms with Gasteiger partial charge in [-0.3, -0.25) is 33.3 Å². The molecule has 3 atom stereocenters. The van der Waals surface area contributed by atoms with Crippen molar-refractivity contribution < 1.29 is 178 Å². The number of ether oxygens (including phenoxy) is 8. The standard InChI is InChI=1S/C16H16ClNO3.C15H21NO5S.C15H19NO4S.C11H15NO4S.C8H6Cl2O.C8H11NO2.C4H9NO2.2C4H8O.C4H6O.2CH2Cl2.Al.2BH.Cl3OP.3ClH.2U/c1-3-21-16(20)15-10(2)13(9-18-15)14(19)8-11-4-6-12(17)7-5-11;1-4-21-14(17)13-15(3,18)9-10-16(13)22(19,20)12-7-5-11(2)6-8-12;1-4-20-15(17)14-12(3)9-10-16(14)21(18,19)13-7-5-11(2)6-8-13;1-3-16-11(13)8-12-17(14,15)10-6-4-9(2)5-7-10;9-7-3-1-6(2-4-7)5-8(10)11;1-3-11-8(10)7-6(2)4-5-9-7;1-2-7-4(6)3-5;2*1-2-4-5-3-1;1-3-4(2)5;2*2-1-3;;;;1-5(2,3)4;;;;;/h4-7,9,18H,3,8H2,1-2H3;5-8,13,18H,4,9-10H2,1-3H3;5-9,14H,4,10H2,1-3H3;4-7,12H,3,8H2,1-2H3;1-4H,5H2;4-5,9H,3H2,1-2H3;2-3,5H2,1H3;2*1-4H2;3H,1H2,2H3;2*1H2;;2*1H;;3*1H;;/q;;;;;;;;;;;;+3;;;;;;;;/p-3/i;;;;;;;;;;;;;2*1D;;;;;;. The zero-order valence-electron chi connectivity index (χ0n) is 84.1. The SMILES string of the molecule is C1CCOC1.C1CCOC1.C=CC(C)=O.CCOC(=O)C1C(C)=CCN1S(=O)(=O)c1ccc(C)cc1.CCOC(=O)C1N(S(=O)(=O)c2ccc(C)cc2)CCC1(C)O.CCOC(=O)CN.CCOC(=O)CNS(=O)(=O)c1ccc(C)cc1.CCOC(=O)c1[nH]cc(C(=O)Cc2ccc(Cl)cc2)c1C.CCOC(=O)c1[nH]ccc1C.ClCCl.ClCCl.O=C(Cl)Cc1ccc(Cl)cc1.O=P(Cl)(Cl)Cl.[2H][B].[2H][B].[Cl][Al]([Cl])[Cl].[U].[U]. The van der Waals surface area contributed by atoms with Gasteiger partial charge < -0.3 is 58.7 Å². The molecule has 0 spiro atoms. The molecule has 11 rings (SSSR count). The summed E-state index contributed by atoms with van der Waals surface area (Å²) in [6.07, 6.45) is 12.1. The molecule has 4 aliphatic rings. The molecular formula is C91H125AlB2Cl13N6O25PS3U2. The molecule has 0 aliphatic carbocycles. The number of carbonyl (C=O) groups excluding carboxylic acids is 9. The summed E-state index contributed by atoms with van der Waals surface area (Å²) >= 11 is 47.8. The van der Waals surface area contributed by atoms with Crippen molar-refractivity contribution in [2.75, 3.05) is 103 Å². The summed E-state index contributed by atoms with van der Waals surface area (Å²) < 4.78 is 137. The number of nitrogens with one attached hydrogen (secondary N) is 3. The minimum absolute atomic E-state index is 0. The van der Waals surface area contributed by atoms with Gasteiger partial charge in [-0.05, 0) is 278 Å². The molecule has 0 bridgehead atoms. The number of allylic oxidation sites excluding steroid dienone is 1. The van der Waals surface area contributed by atoms with Gasteiger partial charge in [-0.15, -0.1) is 46.4 Å². The second-order valence-corrected chi connectivity index (χ2v) is 50.0.